The monoisotopic (exact) mass is 292 g/mol. The molecule has 0 saturated heterocycles. The predicted octanol–water partition coefficient (Wildman–Crippen LogP) is 1.05. The molecule has 2 amide bonds. The molecule has 0 spiro atoms. The van der Waals surface area contributed by atoms with Crippen molar-refractivity contribution in [3.05, 3.63) is 35.4 Å². The van der Waals surface area contributed by atoms with Gasteiger partial charge < -0.3 is 15.3 Å². The normalized spacial score (nSPS) is 10.9. The quantitative estimate of drug-likeness (QED) is 0.849. The van der Waals surface area contributed by atoms with Gasteiger partial charge in [-0.1, -0.05) is 17.7 Å². The van der Waals surface area contributed by atoms with Crippen LogP contribution in [0.3, 0.4) is 0 Å². The van der Waals surface area contributed by atoms with Gasteiger partial charge in [-0.25, -0.2) is 4.79 Å². The third-order valence-corrected chi connectivity index (χ3v) is 3.45. The Bertz CT molecular complexity index is 549. The standard InChI is InChI=1S/C15H20N2O4/c1-10-5-7-11(8-6-10)13(19)16-9-12(18)17(4)15(2,3)14(20)21/h5-8H,9H2,1-4H3,(H,16,19)(H,20,21). The number of carbonyl (C=O) groups is 3. The molecule has 0 unspecified atom stereocenters. The van der Waals surface area contributed by atoms with Gasteiger partial charge >= 0.3 is 5.97 Å². The van der Waals surface area contributed by atoms with Crippen molar-refractivity contribution in [3.63, 3.8) is 0 Å². The number of nitrogens with one attached hydrogen (secondary N) is 1. The maximum atomic E-state index is 11.9. The number of amides is 2. The Hall–Kier alpha value is -2.37. The highest BCUT2D eigenvalue weighted by Gasteiger charge is 2.35. The van der Waals surface area contributed by atoms with Gasteiger partial charge in [0.2, 0.25) is 5.91 Å². The number of carbonyl (C=O) groups excluding carboxylic acids is 2. The number of carboxylic acids is 1. The van der Waals surface area contributed by atoms with E-state index in [4.69, 9.17) is 5.11 Å². The summed E-state index contributed by atoms with van der Waals surface area (Å²) in [6.45, 7) is 4.51. The van der Waals surface area contributed by atoms with Crippen molar-refractivity contribution in [2.75, 3.05) is 13.6 Å². The number of rotatable bonds is 5. The number of aryl methyl sites for hydroxylation is 1. The molecule has 0 fully saturated rings. The zero-order valence-electron chi connectivity index (χ0n) is 12.6. The molecule has 2 N–H and O–H groups in total. The predicted molar refractivity (Wildman–Crippen MR) is 78.0 cm³/mol. The lowest BCUT2D eigenvalue weighted by Crippen LogP contribution is -2.53. The lowest BCUT2D eigenvalue weighted by molar-refractivity contribution is -0.154. The molecule has 0 radical (unpaired) electrons. The Labute approximate surface area is 123 Å². The van der Waals surface area contributed by atoms with Gasteiger partial charge in [0, 0.05) is 12.6 Å². The molecule has 0 aliphatic rings. The lowest BCUT2D eigenvalue weighted by atomic mass is 10.0. The fourth-order valence-electron chi connectivity index (χ4n) is 1.54. The minimum absolute atomic E-state index is 0.250. The van der Waals surface area contributed by atoms with Crippen LogP contribution in [0.4, 0.5) is 0 Å². The fourth-order valence-corrected chi connectivity index (χ4v) is 1.54. The zero-order valence-corrected chi connectivity index (χ0v) is 12.6. The first kappa shape index (κ1) is 16.7. The Morgan fingerprint density at radius 1 is 1.19 bits per heavy atom. The Kier molecular flexibility index (Phi) is 5.07. The summed E-state index contributed by atoms with van der Waals surface area (Å²) in [6, 6.07) is 6.94. The first-order valence-electron chi connectivity index (χ1n) is 6.51. The first-order valence-corrected chi connectivity index (χ1v) is 6.51. The van der Waals surface area contributed by atoms with E-state index in [0.717, 1.165) is 10.5 Å². The molecule has 1 aromatic carbocycles. The topological polar surface area (TPSA) is 86.7 Å². The van der Waals surface area contributed by atoms with E-state index in [2.05, 4.69) is 5.32 Å². The molecule has 0 bridgehead atoms. The Morgan fingerprint density at radius 2 is 1.71 bits per heavy atom. The number of carboxylic acid groups (broad SMARTS) is 1. The highest BCUT2D eigenvalue weighted by atomic mass is 16.4. The highest BCUT2D eigenvalue weighted by Crippen LogP contribution is 2.12. The lowest BCUT2D eigenvalue weighted by Gasteiger charge is -2.31. The van der Waals surface area contributed by atoms with Crippen molar-refractivity contribution in [3.8, 4) is 0 Å². The van der Waals surface area contributed by atoms with Gasteiger partial charge in [0.25, 0.3) is 5.91 Å². The van der Waals surface area contributed by atoms with E-state index in [1.807, 2.05) is 6.92 Å². The number of hydrogen-bond donors (Lipinski definition) is 2. The molecule has 1 aromatic rings. The highest BCUT2D eigenvalue weighted by molar-refractivity contribution is 5.97. The average Bonchev–Trinajstić information content (AvgIpc) is 2.44. The molecule has 6 nitrogen and oxygen atoms in total. The van der Waals surface area contributed by atoms with Gasteiger partial charge in [-0.15, -0.1) is 0 Å². The molecule has 0 heterocycles. The molecule has 1 rings (SSSR count). The summed E-state index contributed by atoms with van der Waals surface area (Å²) >= 11 is 0. The number of hydrogen-bond acceptors (Lipinski definition) is 3. The van der Waals surface area contributed by atoms with Gasteiger partial charge in [-0.3, -0.25) is 9.59 Å². The first-order chi connectivity index (χ1) is 9.66. The largest absolute Gasteiger partial charge is 0.480 e. The van der Waals surface area contributed by atoms with Crippen molar-refractivity contribution < 1.29 is 19.5 Å². The second-order valence-corrected chi connectivity index (χ2v) is 5.37. The van der Waals surface area contributed by atoms with Crippen LogP contribution >= 0.6 is 0 Å². The molecule has 0 aromatic heterocycles. The molecule has 6 heteroatoms. The van der Waals surface area contributed by atoms with E-state index in [9.17, 15) is 14.4 Å². The fraction of sp³-hybridized carbons (Fsp3) is 0.400. The van der Waals surface area contributed by atoms with Gasteiger partial charge in [0.15, 0.2) is 0 Å². The molecular weight excluding hydrogens is 272 g/mol. The van der Waals surface area contributed by atoms with Crippen LogP contribution in [0.15, 0.2) is 24.3 Å². The van der Waals surface area contributed by atoms with Crippen molar-refractivity contribution in [1.29, 1.82) is 0 Å². The second-order valence-electron chi connectivity index (χ2n) is 5.37. The van der Waals surface area contributed by atoms with Gasteiger partial charge in [-0.2, -0.15) is 0 Å². The van der Waals surface area contributed by atoms with E-state index < -0.39 is 17.4 Å². The summed E-state index contributed by atoms with van der Waals surface area (Å²) in [5.41, 5.74) is 0.158. The van der Waals surface area contributed by atoms with E-state index >= 15 is 0 Å². The van der Waals surface area contributed by atoms with Crippen LogP contribution in [-0.4, -0.2) is 46.9 Å². The SMILES string of the molecule is Cc1ccc(C(=O)NCC(=O)N(C)C(C)(C)C(=O)O)cc1. The number of aliphatic carboxylic acids is 1. The van der Waals surface area contributed by atoms with E-state index in [-0.39, 0.29) is 12.5 Å². The van der Waals surface area contributed by atoms with Crippen molar-refractivity contribution in [1.82, 2.24) is 10.2 Å². The summed E-state index contributed by atoms with van der Waals surface area (Å²) < 4.78 is 0. The molecular formula is C15H20N2O4. The van der Waals surface area contributed by atoms with E-state index in [1.165, 1.54) is 20.9 Å². The average molecular weight is 292 g/mol. The molecule has 21 heavy (non-hydrogen) atoms. The summed E-state index contributed by atoms with van der Waals surface area (Å²) in [6.07, 6.45) is 0. The van der Waals surface area contributed by atoms with Crippen molar-refractivity contribution in [2.45, 2.75) is 26.3 Å². The Balaban J connectivity index is 2.62. The van der Waals surface area contributed by atoms with Crippen LogP contribution in [0.5, 0.6) is 0 Å². The van der Waals surface area contributed by atoms with E-state index in [1.54, 1.807) is 24.3 Å². The van der Waals surface area contributed by atoms with Gasteiger partial charge in [0.05, 0.1) is 6.54 Å². The van der Waals surface area contributed by atoms with Crippen LogP contribution in [0, 0.1) is 6.92 Å². The zero-order chi connectivity index (χ0) is 16.2. The summed E-state index contributed by atoms with van der Waals surface area (Å²) in [5.74, 6) is -1.95. The minimum Gasteiger partial charge on any atom is -0.480 e. The van der Waals surface area contributed by atoms with Crippen LogP contribution in [0.2, 0.25) is 0 Å². The van der Waals surface area contributed by atoms with Crippen LogP contribution in [0.1, 0.15) is 29.8 Å². The number of benzene rings is 1. The Morgan fingerprint density at radius 3 is 2.19 bits per heavy atom. The molecule has 0 aliphatic carbocycles. The van der Waals surface area contributed by atoms with E-state index in [0.29, 0.717) is 5.56 Å². The van der Waals surface area contributed by atoms with Gasteiger partial charge in [0.1, 0.15) is 5.54 Å². The molecule has 114 valence electrons. The smallest absolute Gasteiger partial charge is 0.329 e. The maximum absolute atomic E-state index is 11.9. The van der Waals surface area contributed by atoms with Crippen LogP contribution in [0.25, 0.3) is 0 Å². The van der Waals surface area contributed by atoms with Crippen LogP contribution < -0.4 is 5.32 Å². The van der Waals surface area contributed by atoms with Crippen molar-refractivity contribution >= 4 is 17.8 Å². The number of nitrogens with zero attached hydrogens (tertiary/aromatic N) is 1. The molecule has 0 atom stereocenters. The number of likely N-dealkylation sites (N-methyl/N-ethyl adjacent to an activating group) is 1. The summed E-state index contributed by atoms with van der Waals surface area (Å²) in [5, 5.41) is 11.5. The molecule has 0 saturated carbocycles. The van der Waals surface area contributed by atoms with Crippen molar-refractivity contribution in [2.24, 2.45) is 0 Å². The second kappa shape index (κ2) is 6.39. The summed E-state index contributed by atoms with van der Waals surface area (Å²) in [4.78, 5) is 36.0. The third-order valence-electron chi connectivity index (χ3n) is 3.45. The summed E-state index contributed by atoms with van der Waals surface area (Å²) in [7, 11) is 1.40. The molecule has 0 aliphatic heterocycles. The minimum atomic E-state index is -1.33. The van der Waals surface area contributed by atoms with Gasteiger partial charge in [-0.05, 0) is 32.9 Å². The third kappa shape index (κ3) is 4.05. The maximum Gasteiger partial charge on any atom is 0.329 e. The van der Waals surface area contributed by atoms with Crippen LogP contribution in [-0.2, 0) is 9.59 Å².